The van der Waals surface area contributed by atoms with Crippen LogP contribution in [-0.2, 0) is 11.0 Å². The van der Waals surface area contributed by atoms with Gasteiger partial charge in [0.15, 0.2) is 14.1 Å². The van der Waals surface area contributed by atoms with Crippen molar-refractivity contribution in [3.8, 4) is 11.8 Å². The Morgan fingerprint density at radius 2 is 1.79 bits per heavy atom. The van der Waals surface area contributed by atoms with Crippen molar-refractivity contribution in [2.45, 2.75) is 70.9 Å². The molecule has 1 heterocycles. The zero-order valence-electron chi connectivity index (χ0n) is 24.4. The van der Waals surface area contributed by atoms with E-state index in [0.717, 1.165) is 29.2 Å². The Hall–Kier alpha value is -3.37. The van der Waals surface area contributed by atoms with E-state index < -0.39 is 56.0 Å². The Kier molecular flexibility index (Phi) is 8.79. The molecule has 0 bridgehead atoms. The van der Waals surface area contributed by atoms with Gasteiger partial charge in [-0.2, -0.15) is 18.2 Å². The molecular formula is C30H32F7N3O2Si. The molecule has 5 nitrogen and oxygen atoms in total. The fraction of sp³-hybridized carbons (Fsp3) is 0.467. The predicted molar refractivity (Wildman–Crippen MR) is 153 cm³/mol. The highest BCUT2D eigenvalue weighted by Crippen LogP contribution is 2.57. The predicted octanol–water partition coefficient (Wildman–Crippen LogP) is 7.79. The van der Waals surface area contributed by atoms with E-state index in [1.54, 1.807) is 0 Å². The van der Waals surface area contributed by atoms with Crippen molar-refractivity contribution in [2.24, 2.45) is 5.41 Å². The third-order valence-corrected chi connectivity index (χ3v) is 12.6. The van der Waals surface area contributed by atoms with E-state index >= 15 is 4.39 Å². The van der Waals surface area contributed by atoms with Gasteiger partial charge >= 0.3 is 11.9 Å². The number of nitrogens with zero attached hydrogens (tertiary/aromatic N) is 3. The Morgan fingerprint density at radius 1 is 1.12 bits per heavy atom. The minimum Gasteiger partial charge on any atom is -0.415 e. The topological polar surface area (TPSA) is 47.4 Å². The van der Waals surface area contributed by atoms with Gasteiger partial charge in [0, 0.05) is 17.8 Å². The molecule has 232 valence electrons. The van der Waals surface area contributed by atoms with Crippen molar-refractivity contribution < 1.29 is 35.2 Å². The van der Waals surface area contributed by atoms with Gasteiger partial charge in [-0.15, -0.1) is 0 Å². The van der Waals surface area contributed by atoms with Crippen LogP contribution in [0.3, 0.4) is 0 Å². The highest BCUT2D eigenvalue weighted by atomic mass is 28.4. The molecule has 43 heavy (non-hydrogen) atoms. The number of fused-ring (bicyclic) bond motifs is 1. The SMILES string of the molecule is CC(C)(C)[Si](C)(C)OCCn1c(=O)nc(N(CC(F)F)c2cc(F)cc(C#CC3(C(F)(F)F)CC3)c2)c2c(F)cccc21. The Balaban J connectivity index is 1.80. The molecule has 0 unspecified atom stereocenters. The number of hydrogen-bond donors (Lipinski definition) is 0. The second-order valence-electron chi connectivity index (χ2n) is 12.1. The standard InChI is InChI=1S/C30H32F7N3O2Si/c1-28(2,3)43(4,5)42-14-13-39-23-8-6-7-22(32)25(23)26(38-27(39)41)40(18-24(33)34)21-16-19(15-20(31)17-21)9-10-29(11-12-29)30(35,36)37/h6-8,15-17,24H,11-14,18H2,1-5H3. The number of hydrogen-bond acceptors (Lipinski definition) is 4. The summed E-state index contributed by atoms with van der Waals surface area (Å²) in [5, 5.41) is -0.370. The first kappa shape index (κ1) is 32.5. The van der Waals surface area contributed by atoms with Crippen LogP contribution in [0.5, 0.6) is 0 Å². The smallest absolute Gasteiger partial charge is 0.405 e. The molecule has 1 fully saturated rings. The monoisotopic (exact) mass is 627 g/mol. The molecule has 0 atom stereocenters. The molecule has 1 saturated carbocycles. The lowest BCUT2D eigenvalue weighted by Crippen LogP contribution is -2.42. The van der Waals surface area contributed by atoms with Gasteiger partial charge in [-0.1, -0.05) is 38.7 Å². The zero-order chi connectivity index (χ0) is 32.0. The Labute approximate surface area is 245 Å². The van der Waals surface area contributed by atoms with Gasteiger partial charge in [0.25, 0.3) is 6.43 Å². The summed E-state index contributed by atoms with van der Waals surface area (Å²) in [6.45, 7) is 9.22. The normalized spacial score (nSPS) is 15.0. The molecule has 2 aromatic carbocycles. The van der Waals surface area contributed by atoms with Gasteiger partial charge in [-0.05, 0) is 61.3 Å². The fourth-order valence-electron chi connectivity index (χ4n) is 4.34. The van der Waals surface area contributed by atoms with E-state index in [1.807, 2.05) is 33.9 Å². The molecule has 0 amide bonds. The Bertz CT molecular complexity index is 1630. The van der Waals surface area contributed by atoms with E-state index in [-0.39, 0.29) is 53.2 Å². The first-order valence-corrected chi connectivity index (χ1v) is 16.6. The number of alkyl halides is 5. The lowest BCUT2D eigenvalue weighted by molar-refractivity contribution is -0.168. The Morgan fingerprint density at radius 3 is 2.37 bits per heavy atom. The number of rotatable bonds is 8. The maximum atomic E-state index is 15.4. The van der Waals surface area contributed by atoms with Crippen LogP contribution in [0.1, 0.15) is 39.2 Å². The average Bonchev–Trinajstić information content (AvgIpc) is 3.68. The second-order valence-corrected chi connectivity index (χ2v) is 17.0. The summed E-state index contributed by atoms with van der Waals surface area (Å²) in [6.07, 6.45) is -8.01. The number of benzene rings is 2. The van der Waals surface area contributed by atoms with E-state index in [4.69, 9.17) is 4.43 Å². The van der Waals surface area contributed by atoms with Crippen LogP contribution < -0.4 is 10.6 Å². The van der Waals surface area contributed by atoms with Gasteiger partial charge in [0.05, 0.1) is 24.1 Å². The minimum absolute atomic E-state index is 0.00802. The van der Waals surface area contributed by atoms with Crippen molar-refractivity contribution in [1.29, 1.82) is 0 Å². The average molecular weight is 628 g/mol. The fourth-order valence-corrected chi connectivity index (χ4v) is 5.37. The number of anilines is 2. The number of halogens is 7. The van der Waals surface area contributed by atoms with Crippen molar-refractivity contribution in [3.63, 3.8) is 0 Å². The summed E-state index contributed by atoms with van der Waals surface area (Å²) >= 11 is 0. The van der Waals surface area contributed by atoms with Gasteiger partial charge < -0.3 is 9.33 Å². The summed E-state index contributed by atoms with van der Waals surface area (Å²) in [4.78, 5) is 18.0. The summed E-state index contributed by atoms with van der Waals surface area (Å²) in [6, 6.07) is 6.69. The maximum absolute atomic E-state index is 15.4. The second kappa shape index (κ2) is 11.6. The first-order valence-electron chi connectivity index (χ1n) is 13.6. The summed E-state index contributed by atoms with van der Waals surface area (Å²) < 4.78 is 105. The van der Waals surface area contributed by atoms with Crippen LogP contribution in [-0.4, -0.2) is 43.6 Å². The molecule has 1 aromatic heterocycles. The molecule has 3 aromatic rings. The molecular weight excluding hydrogens is 595 g/mol. The molecule has 0 spiro atoms. The van der Waals surface area contributed by atoms with Crippen molar-refractivity contribution in [2.75, 3.05) is 18.1 Å². The van der Waals surface area contributed by atoms with Gasteiger partial charge in [-0.25, -0.2) is 22.4 Å². The summed E-state index contributed by atoms with van der Waals surface area (Å²) in [5.74, 6) is 2.14. The minimum atomic E-state index is -4.57. The molecule has 0 N–H and O–H groups in total. The lowest BCUT2D eigenvalue weighted by Gasteiger charge is -2.36. The van der Waals surface area contributed by atoms with Crippen molar-refractivity contribution in [3.05, 3.63) is 64.1 Å². The highest BCUT2D eigenvalue weighted by molar-refractivity contribution is 6.74. The van der Waals surface area contributed by atoms with E-state index in [9.17, 15) is 31.1 Å². The van der Waals surface area contributed by atoms with Gasteiger partial charge in [0.2, 0.25) is 0 Å². The van der Waals surface area contributed by atoms with E-state index in [1.165, 1.54) is 16.7 Å². The first-order chi connectivity index (χ1) is 19.8. The molecule has 1 aliphatic rings. The highest BCUT2D eigenvalue weighted by Gasteiger charge is 2.62. The quantitative estimate of drug-likeness (QED) is 0.145. The molecule has 4 rings (SSSR count). The molecule has 0 radical (unpaired) electrons. The lowest BCUT2D eigenvalue weighted by atomic mass is 10.1. The zero-order valence-corrected chi connectivity index (χ0v) is 25.4. The van der Waals surface area contributed by atoms with Crippen LogP contribution in [0.4, 0.5) is 42.2 Å². The summed E-state index contributed by atoms with van der Waals surface area (Å²) in [7, 11) is -2.19. The van der Waals surface area contributed by atoms with Gasteiger partial charge in [0.1, 0.15) is 17.0 Å². The van der Waals surface area contributed by atoms with Crippen LogP contribution in [0.15, 0.2) is 41.2 Å². The summed E-state index contributed by atoms with van der Waals surface area (Å²) in [5.41, 5.74) is -3.49. The van der Waals surface area contributed by atoms with Crippen LogP contribution in [0.2, 0.25) is 18.1 Å². The molecule has 0 aliphatic heterocycles. The van der Waals surface area contributed by atoms with Gasteiger partial charge in [-0.3, -0.25) is 4.57 Å². The van der Waals surface area contributed by atoms with E-state index in [2.05, 4.69) is 16.8 Å². The third-order valence-electron chi connectivity index (χ3n) is 8.03. The van der Waals surface area contributed by atoms with Crippen LogP contribution in [0, 0.1) is 28.9 Å². The molecule has 1 aliphatic carbocycles. The van der Waals surface area contributed by atoms with E-state index in [0.29, 0.717) is 0 Å². The largest absolute Gasteiger partial charge is 0.415 e. The van der Waals surface area contributed by atoms with Crippen molar-refractivity contribution >= 4 is 30.7 Å². The van der Waals surface area contributed by atoms with Crippen LogP contribution >= 0.6 is 0 Å². The molecule has 0 saturated heterocycles. The third kappa shape index (κ3) is 6.91. The molecule has 13 heteroatoms. The maximum Gasteiger partial charge on any atom is 0.405 e. The van der Waals surface area contributed by atoms with Crippen LogP contribution in [0.25, 0.3) is 10.9 Å². The number of aromatic nitrogens is 2. The van der Waals surface area contributed by atoms with Crippen molar-refractivity contribution in [1.82, 2.24) is 9.55 Å².